The molecule has 2 N–H and O–H groups in total. The summed E-state index contributed by atoms with van der Waals surface area (Å²) in [5.74, 6) is -0.392. The van der Waals surface area contributed by atoms with Crippen LogP contribution >= 0.6 is 11.3 Å². The van der Waals surface area contributed by atoms with Gasteiger partial charge in [-0.1, -0.05) is 0 Å². The van der Waals surface area contributed by atoms with Crippen molar-refractivity contribution in [1.29, 1.82) is 0 Å². The highest BCUT2D eigenvalue weighted by molar-refractivity contribution is 7.13. The molecule has 0 unspecified atom stereocenters. The van der Waals surface area contributed by atoms with Gasteiger partial charge in [0, 0.05) is 30.4 Å². The number of hydrogen-bond donors (Lipinski definition) is 2. The number of hydrogen-bond acceptors (Lipinski definition) is 4. The van der Waals surface area contributed by atoms with E-state index in [-0.39, 0.29) is 18.4 Å². The van der Waals surface area contributed by atoms with Crippen molar-refractivity contribution < 1.29 is 9.59 Å². The van der Waals surface area contributed by atoms with Crippen LogP contribution in [0.4, 0.5) is 0 Å². The standard InChI is InChI=1S/C14H18N4O2S/c1-11-4-5-12(21-11)14(20)16-10-13(19)15-6-2-8-18-9-3-7-17-18/h3-5,7,9H,2,6,8,10H2,1H3,(H,15,19)(H,16,20). The molecule has 2 aromatic rings. The summed E-state index contributed by atoms with van der Waals surface area (Å²) in [4.78, 5) is 25.1. The summed E-state index contributed by atoms with van der Waals surface area (Å²) in [6.07, 6.45) is 4.40. The van der Waals surface area contributed by atoms with Gasteiger partial charge in [0.1, 0.15) is 0 Å². The van der Waals surface area contributed by atoms with Crippen molar-refractivity contribution in [1.82, 2.24) is 20.4 Å². The maximum Gasteiger partial charge on any atom is 0.261 e. The first-order chi connectivity index (χ1) is 10.1. The Bertz CT molecular complexity index is 592. The third-order valence-corrected chi connectivity index (χ3v) is 3.82. The quantitative estimate of drug-likeness (QED) is 0.754. The lowest BCUT2D eigenvalue weighted by molar-refractivity contribution is -0.120. The van der Waals surface area contributed by atoms with Crippen molar-refractivity contribution in [2.45, 2.75) is 19.9 Å². The second-order valence-electron chi connectivity index (χ2n) is 4.57. The highest BCUT2D eigenvalue weighted by Gasteiger charge is 2.09. The van der Waals surface area contributed by atoms with Crippen LogP contribution in [0.2, 0.25) is 0 Å². The summed E-state index contributed by atoms with van der Waals surface area (Å²) < 4.78 is 1.81. The van der Waals surface area contributed by atoms with Crippen molar-refractivity contribution in [2.24, 2.45) is 0 Å². The van der Waals surface area contributed by atoms with E-state index in [1.807, 2.05) is 29.9 Å². The molecule has 0 aromatic carbocycles. The summed E-state index contributed by atoms with van der Waals surface area (Å²) in [5.41, 5.74) is 0. The molecule has 0 aliphatic heterocycles. The third kappa shape index (κ3) is 5.03. The van der Waals surface area contributed by atoms with Gasteiger partial charge in [-0.2, -0.15) is 5.10 Å². The van der Waals surface area contributed by atoms with Gasteiger partial charge in [-0.25, -0.2) is 0 Å². The number of nitrogens with zero attached hydrogens (tertiary/aromatic N) is 2. The van der Waals surface area contributed by atoms with Crippen LogP contribution in [0.1, 0.15) is 21.0 Å². The molecule has 2 heterocycles. The van der Waals surface area contributed by atoms with Gasteiger partial charge >= 0.3 is 0 Å². The topological polar surface area (TPSA) is 76.0 Å². The molecule has 0 aliphatic rings. The highest BCUT2D eigenvalue weighted by atomic mass is 32.1. The fourth-order valence-electron chi connectivity index (χ4n) is 1.77. The van der Waals surface area contributed by atoms with Gasteiger partial charge in [-0.15, -0.1) is 11.3 Å². The zero-order chi connectivity index (χ0) is 15.1. The first-order valence-electron chi connectivity index (χ1n) is 6.74. The van der Waals surface area contributed by atoms with Crippen LogP contribution in [0.15, 0.2) is 30.6 Å². The Morgan fingerprint density at radius 3 is 2.86 bits per heavy atom. The molecule has 0 saturated carbocycles. The minimum absolute atomic E-state index is 0.00243. The molecule has 2 rings (SSSR count). The lowest BCUT2D eigenvalue weighted by atomic mass is 10.4. The fraction of sp³-hybridized carbons (Fsp3) is 0.357. The summed E-state index contributed by atoms with van der Waals surface area (Å²) in [6, 6.07) is 5.51. The van der Waals surface area contributed by atoms with Crippen LogP contribution in [0, 0.1) is 6.92 Å². The first kappa shape index (κ1) is 15.2. The average Bonchev–Trinajstić information content (AvgIpc) is 3.12. The Labute approximate surface area is 127 Å². The van der Waals surface area contributed by atoms with Crippen LogP contribution < -0.4 is 10.6 Å². The van der Waals surface area contributed by atoms with Crippen molar-refractivity contribution in [3.8, 4) is 0 Å². The Kier molecular flexibility index (Phi) is 5.51. The van der Waals surface area contributed by atoms with E-state index in [0.717, 1.165) is 17.8 Å². The summed E-state index contributed by atoms with van der Waals surface area (Å²) in [6.45, 7) is 3.26. The number of amides is 2. The maximum atomic E-state index is 11.8. The summed E-state index contributed by atoms with van der Waals surface area (Å²) in [7, 11) is 0. The van der Waals surface area contributed by atoms with E-state index < -0.39 is 0 Å². The summed E-state index contributed by atoms with van der Waals surface area (Å²) in [5, 5.41) is 9.45. The molecule has 0 fully saturated rings. The number of carbonyl (C=O) groups is 2. The lowest BCUT2D eigenvalue weighted by Gasteiger charge is -2.06. The van der Waals surface area contributed by atoms with E-state index in [4.69, 9.17) is 0 Å². The Morgan fingerprint density at radius 2 is 2.19 bits per heavy atom. The zero-order valence-electron chi connectivity index (χ0n) is 11.8. The molecule has 0 saturated heterocycles. The van der Waals surface area contributed by atoms with E-state index in [1.54, 1.807) is 12.3 Å². The van der Waals surface area contributed by atoms with Crippen molar-refractivity contribution >= 4 is 23.2 Å². The zero-order valence-corrected chi connectivity index (χ0v) is 12.7. The fourth-order valence-corrected chi connectivity index (χ4v) is 2.55. The van der Waals surface area contributed by atoms with Crippen molar-refractivity contribution in [3.63, 3.8) is 0 Å². The number of carbonyl (C=O) groups excluding carboxylic acids is 2. The van der Waals surface area contributed by atoms with E-state index >= 15 is 0 Å². The SMILES string of the molecule is Cc1ccc(C(=O)NCC(=O)NCCCn2cccn2)s1. The molecular formula is C14H18N4O2S. The number of nitrogens with one attached hydrogen (secondary N) is 2. The van der Waals surface area contributed by atoms with E-state index in [0.29, 0.717) is 11.4 Å². The van der Waals surface area contributed by atoms with E-state index in [2.05, 4.69) is 15.7 Å². The van der Waals surface area contributed by atoms with Crippen LogP contribution in [0.5, 0.6) is 0 Å². The van der Waals surface area contributed by atoms with Gasteiger partial charge in [0.25, 0.3) is 5.91 Å². The molecule has 0 radical (unpaired) electrons. The predicted octanol–water partition coefficient (Wildman–Crippen LogP) is 1.19. The smallest absolute Gasteiger partial charge is 0.261 e. The molecular weight excluding hydrogens is 288 g/mol. The van der Waals surface area contributed by atoms with Crippen LogP contribution in [-0.4, -0.2) is 34.7 Å². The van der Waals surface area contributed by atoms with Gasteiger partial charge in [-0.3, -0.25) is 14.3 Å². The molecule has 2 aromatic heterocycles. The monoisotopic (exact) mass is 306 g/mol. The van der Waals surface area contributed by atoms with E-state index in [1.165, 1.54) is 11.3 Å². The Hall–Kier alpha value is -2.15. The molecule has 0 spiro atoms. The predicted molar refractivity (Wildman–Crippen MR) is 81.2 cm³/mol. The lowest BCUT2D eigenvalue weighted by Crippen LogP contribution is -2.37. The van der Waals surface area contributed by atoms with Gasteiger partial charge in [-0.05, 0) is 31.5 Å². The molecule has 0 aliphatic carbocycles. The number of aryl methyl sites for hydroxylation is 2. The third-order valence-electron chi connectivity index (χ3n) is 2.82. The molecule has 21 heavy (non-hydrogen) atoms. The number of thiophene rings is 1. The molecule has 2 amide bonds. The molecule has 6 nitrogen and oxygen atoms in total. The second-order valence-corrected chi connectivity index (χ2v) is 5.85. The van der Waals surface area contributed by atoms with E-state index in [9.17, 15) is 9.59 Å². The minimum Gasteiger partial charge on any atom is -0.355 e. The Balaban J connectivity index is 1.60. The molecule has 0 bridgehead atoms. The minimum atomic E-state index is -0.209. The number of aromatic nitrogens is 2. The largest absolute Gasteiger partial charge is 0.355 e. The molecule has 112 valence electrons. The molecule has 7 heteroatoms. The van der Waals surface area contributed by atoms with Crippen LogP contribution in [-0.2, 0) is 11.3 Å². The second kappa shape index (κ2) is 7.58. The van der Waals surface area contributed by atoms with Crippen molar-refractivity contribution in [3.05, 3.63) is 40.3 Å². The van der Waals surface area contributed by atoms with Crippen LogP contribution in [0.3, 0.4) is 0 Å². The normalized spacial score (nSPS) is 10.3. The van der Waals surface area contributed by atoms with Gasteiger partial charge in [0.05, 0.1) is 11.4 Å². The van der Waals surface area contributed by atoms with Crippen LogP contribution in [0.25, 0.3) is 0 Å². The first-order valence-corrected chi connectivity index (χ1v) is 7.55. The Morgan fingerprint density at radius 1 is 1.33 bits per heavy atom. The van der Waals surface area contributed by atoms with Gasteiger partial charge < -0.3 is 10.6 Å². The highest BCUT2D eigenvalue weighted by Crippen LogP contribution is 2.14. The van der Waals surface area contributed by atoms with Gasteiger partial charge in [0.15, 0.2) is 0 Å². The summed E-state index contributed by atoms with van der Waals surface area (Å²) >= 11 is 1.41. The average molecular weight is 306 g/mol. The van der Waals surface area contributed by atoms with Crippen molar-refractivity contribution in [2.75, 3.05) is 13.1 Å². The maximum absolute atomic E-state index is 11.8. The number of rotatable bonds is 7. The van der Waals surface area contributed by atoms with Gasteiger partial charge in [0.2, 0.25) is 5.91 Å². The molecule has 0 atom stereocenters.